The van der Waals surface area contributed by atoms with Gasteiger partial charge in [0.1, 0.15) is 17.1 Å². The van der Waals surface area contributed by atoms with Gasteiger partial charge in [0.25, 0.3) is 5.91 Å². The zero-order valence-corrected chi connectivity index (χ0v) is 22.6. The second kappa shape index (κ2) is 11.7. The summed E-state index contributed by atoms with van der Waals surface area (Å²) < 4.78 is 11.1. The number of amidine groups is 1. The van der Waals surface area contributed by atoms with Crippen LogP contribution in [0, 0.1) is 0 Å². The molecule has 1 heterocycles. The van der Waals surface area contributed by atoms with E-state index in [0.717, 1.165) is 54.6 Å². The highest BCUT2D eigenvalue weighted by atomic mass is 16.6. The van der Waals surface area contributed by atoms with Gasteiger partial charge >= 0.3 is 5.97 Å². The average molecular weight is 493 g/mol. The molecule has 36 heavy (non-hydrogen) atoms. The van der Waals surface area contributed by atoms with E-state index in [1.807, 2.05) is 43.0 Å². The molecule has 0 unspecified atom stereocenters. The van der Waals surface area contributed by atoms with E-state index in [0.29, 0.717) is 18.9 Å². The lowest BCUT2D eigenvalue weighted by Crippen LogP contribution is -2.41. The molecular weight excluding hydrogens is 452 g/mol. The molecule has 6 nitrogen and oxygen atoms in total. The minimum Gasteiger partial charge on any atom is -0.476 e. The van der Waals surface area contributed by atoms with Crippen LogP contribution in [0.5, 0.6) is 5.75 Å². The first-order valence-electron chi connectivity index (χ1n) is 13.2. The summed E-state index contributed by atoms with van der Waals surface area (Å²) in [4.78, 5) is 32.4. The van der Waals surface area contributed by atoms with Crippen molar-refractivity contribution in [1.82, 2.24) is 4.90 Å². The maximum absolute atomic E-state index is 13.4. The van der Waals surface area contributed by atoms with Gasteiger partial charge < -0.3 is 9.47 Å². The molecule has 0 saturated carbocycles. The number of benzene rings is 2. The molecule has 0 fully saturated rings. The lowest BCUT2D eigenvalue weighted by atomic mass is 9.93. The number of aliphatic imine (C=N–C) groups is 1. The average Bonchev–Trinajstić information content (AvgIpc) is 3.14. The van der Waals surface area contributed by atoms with Crippen molar-refractivity contribution >= 4 is 17.7 Å². The van der Waals surface area contributed by atoms with Gasteiger partial charge in [0.15, 0.2) is 5.60 Å². The van der Waals surface area contributed by atoms with Crippen molar-refractivity contribution in [2.45, 2.75) is 91.3 Å². The molecule has 2 aromatic rings. The molecule has 0 bridgehead atoms. The highest BCUT2D eigenvalue weighted by molar-refractivity contribution is 6.08. The molecule has 194 valence electrons. The Kier molecular flexibility index (Phi) is 8.93. The summed E-state index contributed by atoms with van der Waals surface area (Å²) in [6.07, 6.45) is 4.37. The van der Waals surface area contributed by atoms with Crippen molar-refractivity contribution in [3.8, 4) is 16.9 Å². The van der Waals surface area contributed by atoms with Crippen LogP contribution in [0.25, 0.3) is 11.1 Å². The van der Waals surface area contributed by atoms with E-state index in [1.165, 1.54) is 0 Å². The SMILES string of the molecule is CCCCC1=NC(CC)(CC)C(=O)N1Cc1ccc(-c2cccc(OC(C)(C)C(=O)OCC)c2)cc1. The molecule has 0 saturated heterocycles. The lowest BCUT2D eigenvalue weighted by molar-refractivity contribution is -0.158. The van der Waals surface area contributed by atoms with Gasteiger partial charge in [-0.05, 0) is 68.9 Å². The maximum Gasteiger partial charge on any atom is 0.349 e. The predicted octanol–water partition coefficient (Wildman–Crippen LogP) is 6.56. The highest BCUT2D eigenvalue weighted by Gasteiger charge is 2.45. The molecule has 1 aliphatic heterocycles. The number of hydrogen-bond acceptors (Lipinski definition) is 5. The van der Waals surface area contributed by atoms with Gasteiger partial charge in [0.05, 0.1) is 13.2 Å². The Balaban J connectivity index is 1.76. The van der Waals surface area contributed by atoms with Crippen molar-refractivity contribution < 1.29 is 19.1 Å². The van der Waals surface area contributed by atoms with Gasteiger partial charge in [-0.25, -0.2) is 4.79 Å². The van der Waals surface area contributed by atoms with E-state index >= 15 is 0 Å². The Hall–Kier alpha value is -3.15. The van der Waals surface area contributed by atoms with Gasteiger partial charge in [0.2, 0.25) is 0 Å². The van der Waals surface area contributed by atoms with Crippen LogP contribution in [0.3, 0.4) is 0 Å². The maximum atomic E-state index is 13.4. The Morgan fingerprint density at radius 1 is 1.00 bits per heavy atom. The third-order valence-corrected chi connectivity index (χ3v) is 6.82. The van der Waals surface area contributed by atoms with Crippen molar-refractivity contribution in [3.63, 3.8) is 0 Å². The third kappa shape index (κ3) is 5.97. The lowest BCUT2D eigenvalue weighted by Gasteiger charge is -2.24. The summed E-state index contributed by atoms with van der Waals surface area (Å²) in [6.45, 7) is 12.3. The van der Waals surface area contributed by atoms with Crippen LogP contribution >= 0.6 is 0 Å². The molecule has 0 spiro atoms. The smallest absolute Gasteiger partial charge is 0.349 e. The van der Waals surface area contributed by atoms with E-state index in [2.05, 4.69) is 31.2 Å². The van der Waals surface area contributed by atoms with Crippen LogP contribution in [-0.2, 0) is 20.9 Å². The second-order valence-electron chi connectivity index (χ2n) is 9.82. The fraction of sp³-hybridized carbons (Fsp3) is 0.500. The molecule has 6 heteroatoms. The topological polar surface area (TPSA) is 68.2 Å². The fourth-order valence-electron chi connectivity index (χ4n) is 4.49. The molecule has 0 aromatic heterocycles. The van der Waals surface area contributed by atoms with Crippen molar-refractivity contribution in [2.75, 3.05) is 6.61 Å². The molecule has 1 amide bonds. The normalized spacial score (nSPS) is 15.1. The number of ether oxygens (including phenoxy) is 2. The van der Waals surface area contributed by atoms with Crippen molar-refractivity contribution in [2.24, 2.45) is 4.99 Å². The number of nitrogens with zero attached hydrogens (tertiary/aromatic N) is 2. The first-order valence-corrected chi connectivity index (χ1v) is 13.2. The summed E-state index contributed by atoms with van der Waals surface area (Å²) in [5.41, 5.74) is 1.39. The van der Waals surface area contributed by atoms with Crippen LogP contribution in [0.1, 0.15) is 79.2 Å². The summed E-state index contributed by atoms with van der Waals surface area (Å²) in [5.74, 6) is 1.25. The molecule has 0 atom stereocenters. The van der Waals surface area contributed by atoms with Crippen LogP contribution in [0.15, 0.2) is 53.5 Å². The van der Waals surface area contributed by atoms with Crippen LogP contribution in [-0.4, -0.2) is 40.4 Å². The van der Waals surface area contributed by atoms with Crippen LogP contribution in [0.4, 0.5) is 0 Å². The van der Waals surface area contributed by atoms with Gasteiger partial charge in [-0.15, -0.1) is 0 Å². The number of carbonyl (C=O) groups excluding carboxylic acids is 2. The Morgan fingerprint density at radius 3 is 2.31 bits per heavy atom. The highest BCUT2D eigenvalue weighted by Crippen LogP contribution is 2.33. The Bertz CT molecular complexity index is 1080. The number of carbonyl (C=O) groups is 2. The standard InChI is InChI=1S/C30H40N2O4/c1-7-11-15-26-31-30(8-2,9-3)27(33)32(26)21-22-16-18-23(19-17-22)24-13-12-14-25(20-24)36-29(5,6)28(34)35-10-4/h12-14,16-20H,7-11,15,21H2,1-6H3. The van der Waals surface area contributed by atoms with Gasteiger partial charge in [-0.3, -0.25) is 14.7 Å². The summed E-state index contributed by atoms with van der Waals surface area (Å²) in [7, 11) is 0. The zero-order chi connectivity index (χ0) is 26.3. The molecule has 0 N–H and O–H groups in total. The van der Waals surface area contributed by atoms with E-state index in [-0.39, 0.29) is 5.91 Å². The van der Waals surface area contributed by atoms with E-state index < -0.39 is 17.1 Å². The van der Waals surface area contributed by atoms with Crippen LogP contribution < -0.4 is 4.74 Å². The molecule has 1 aliphatic rings. The van der Waals surface area contributed by atoms with Crippen LogP contribution in [0.2, 0.25) is 0 Å². The fourth-order valence-corrected chi connectivity index (χ4v) is 4.49. The molecule has 0 radical (unpaired) electrons. The quantitative estimate of drug-likeness (QED) is 0.315. The number of unbranched alkanes of at least 4 members (excludes halogenated alkanes) is 1. The number of rotatable bonds is 12. The first-order chi connectivity index (χ1) is 17.2. The van der Waals surface area contributed by atoms with Gasteiger partial charge in [-0.1, -0.05) is 63.6 Å². The Labute approximate surface area is 215 Å². The molecule has 2 aromatic carbocycles. The third-order valence-electron chi connectivity index (χ3n) is 6.82. The summed E-state index contributed by atoms with van der Waals surface area (Å²) in [6, 6.07) is 15.9. The molecular formula is C30H40N2O4. The van der Waals surface area contributed by atoms with Gasteiger partial charge in [0, 0.05) is 6.42 Å². The van der Waals surface area contributed by atoms with Crippen molar-refractivity contribution in [1.29, 1.82) is 0 Å². The van der Waals surface area contributed by atoms with E-state index in [1.54, 1.807) is 20.8 Å². The number of esters is 1. The summed E-state index contributed by atoms with van der Waals surface area (Å²) >= 11 is 0. The molecule has 3 rings (SSSR count). The minimum absolute atomic E-state index is 0.122. The van der Waals surface area contributed by atoms with Gasteiger partial charge in [-0.2, -0.15) is 0 Å². The largest absolute Gasteiger partial charge is 0.476 e. The summed E-state index contributed by atoms with van der Waals surface area (Å²) in [5, 5.41) is 0. The Morgan fingerprint density at radius 2 is 1.69 bits per heavy atom. The number of hydrogen-bond donors (Lipinski definition) is 0. The van der Waals surface area contributed by atoms with Crippen molar-refractivity contribution in [3.05, 3.63) is 54.1 Å². The molecule has 0 aliphatic carbocycles. The predicted molar refractivity (Wildman–Crippen MR) is 144 cm³/mol. The monoisotopic (exact) mass is 492 g/mol. The first kappa shape index (κ1) is 27.4. The second-order valence-corrected chi connectivity index (χ2v) is 9.82. The zero-order valence-electron chi connectivity index (χ0n) is 22.6. The van der Waals surface area contributed by atoms with E-state index in [4.69, 9.17) is 14.5 Å². The van der Waals surface area contributed by atoms with E-state index in [9.17, 15) is 9.59 Å². The number of amides is 1. The minimum atomic E-state index is -1.08.